The molecule has 3 rings (SSSR count). The fourth-order valence-corrected chi connectivity index (χ4v) is 3.07. The molecule has 2 amide bonds. The van der Waals surface area contributed by atoms with E-state index in [-0.39, 0.29) is 24.9 Å². The van der Waals surface area contributed by atoms with E-state index in [4.69, 9.17) is 5.73 Å². The van der Waals surface area contributed by atoms with Gasteiger partial charge in [0.05, 0.1) is 24.2 Å². The molecule has 0 aliphatic carbocycles. The number of carbonyl (C=O) groups excluding carboxylic acids is 2. The number of amides is 2. The van der Waals surface area contributed by atoms with Gasteiger partial charge in [-0.2, -0.15) is 0 Å². The fourth-order valence-electron chi connectivity index (χ4n) is 2.25. The van der Waals surface area contributed by atoms with Gasteiger partial charge in [0.1, 0.15) is 0 Å². The lowest BCUT2D eigenvalue weighted by atomic mass is 10.1. The van der Waals surface area contributed by atoms with Crippen LogP contribution in [0.25, 0.3) is 0 Å². The van der Waals surface area contributed by atoms with E-state index in [2.05, 4.69) is 11.8 Å². The van der Waals surface area contributed by atoms with Crippen LogP contribution in [0.2, 0.25) is 0 Å². The highest BCUT2D eigenvalue weighted by molar-refractivity contribution is 7.10. The molecule has 5 heteroatoms. The van der Waals surface area contributed by atoms with Crippen LogP contribution in [-0.2, 0) is 6.54 Å². The zero-order chi connectivity index (χ0) is 14.8. The van der Waals surface area contributed by atoms with Gasteiger partial charge in [0.2, 0.25) is 0 Å². The average molecular weight is 296 g/mol. The molecule has 1 aliphatic heterocycles. The lowest BCUT2D eigenvalue weighted by Crippen LogP contribution is -2.28. The molecule has 0 bridgehead atoms. The number of hydrogen-bond acceptors (Lipinski definition) is 4. The summed E-state index contributed by atoms with van der Waals surface area (Å²) < 4.78 is 0. The highest BCUT2D eigenvalue weighted by Crippen LogP contribution is 2.26. The summed E-state index contributed by atoms with van der Waals surface area (Å²) in [5.41, 5.74) is 7.13. The molecular formula is C16H12N2O2S. The number of benzene rings is 1. The molecule has 2 aromatic rings. The molecule has 2 heterocycles. The summed E-state index contributed by atoms with van der Waals surface area (Å²) in [7, 11) is 0. The molecule has 1 aromatic carbocycles. The van der Waals surface area contributed by atoms with Crippen molar-refractivity contribution in [3.63, 3.8) is 0 Å². The van der Waals surface area contributed by atoms with Crippen LogP contribution in [0.4, 0.5) is 0 Å². The highest BCUT2D eigenvalue weighted by atomic mass is 32.1. The summed E-state index contributed by atoms with van der Waals surface area (Å²) in [6, 6.07) is 8.76. The van der Waals surface area contributed by atoms with Gasteiger partial charge < -0.3 is 5.73 Å². The maximum Gasteiger partial charge on any atom is 0.261 e. The van der Waals surface area contributed by atoms with E-state index in [9.17, 15) is 9.59 Å². The van der Waals surface area contributed by atoms with E-state index in [0.29, 0.717) is 11.1 Å². The van der Waals surface area contributed by atoms with Crippen molar-refractivity contribution >= 4 is 23.2 Å². The Bertz CT molecular complexity index is 748. The molecule has 21 heavy (non-hydrogen) atoms. The number of hydrogen-bond donors (Lipinski definition) is 1. The molecule has 1 aliphatic rings. The van der Waals surface area contributed by atoms with Gasteiger partial charge in [-0.05, 0) is 23.6 Å². The van der Waals surface area contributed by atoms with Crippen LogP contribution in [0.15, 0.2) is 35.7 Å². The maximum atomic E-state index is 12.3. The van der Waals surface area contributed by atoms with Crippen molar-refractivity contribution in [3.05, 3.63) is 57.3 Å². The molecule has 1 aromatic heterocycles. The average Bonchev–Trinajstić information content (AvgIpc) is 3.04. The lowest BCUT2D eigenvalue weighted by molar-refractivity contribution is 0.0644. The number of carbonyl (C=O) groups is 2. The normalized spacial score (nSPS) is 13.1. The smallest absolute Gasteiger partial charge is 0.261 e. The summed E-state index contributed by atoms with van der Waals surface area (Å²) in [4.78, 5) is 26.8. The predicted molar refractivity (Wildman–Crippen MR) is 80.9 cm³/mol. The molecule has 0 fully saturated rings. The summed E-state index contributed by atoms with van der Waals surface area (Å²) in [5.74, 6) is 5.26. The second kappa shape index (κ2) is 5.52. The van der Waals surface area contributed by atoms with Gasteiger partial charge in [-0.15, -0.1) is 11.3 Å². The topological polar surface area (TPSA) is 63.4 Å². The summed E-state index contributed by atoms with van der Waals surface area (Å²) in [6.07, 6.45) is 0. The van der Waals surface area contributed by atoms with E-state index in [1.807, 2.05) is 11.4 Å². The van der Waals surface area contributed by atoms with Gasteiger partial charge in [0, 0.05) is 10.4 Å². The van der Waals surface area contributed by atoms with E-state index in [0.717, 1.165) is 10.4 Å². The molecule has 2 N–H and O–H groups in total. The number of imide groups is 1. The van der Waals surface area contributed by atoms with Crippen molar-refractivity contribution in [3.8, 4) is 11.8 Å². The maximum absolute atomic E-state index is 12.3. The zero-order valence-electron chi connectivity index (χ0n) is 11.1. The third-order valence-corrected chi connectivity index (χ3v) is 4.16. The predicted octanol–water partition coefficient (Wildman–Crippen LogP) is 1.85. The van der Waals surface area contributed by atoms with Crippen molar-refractivity contribution in [2.24, 2.45) is 5.73 Å². The van der Waals surface area contributed by atoms with Crippen LogP contribution in [0, 0.1) is 11.8 Å². The number of fused-ring (bicyclic) bond motifs is 1. The van der Waals surface area contributed by atoms with E-state index < -0.39 is 0 Å². The standard InChI is InChI=1S/C16H12N2O2S/c17-8-3-4-11-7-9-21-14(11)10-18-15(19)12-5-1-2-6-13(12)16(18)20/h1-2,5-7,9H,8,10,17H2. The van der Waals surface area contributed by atoms with Crippen LogP contribution < -0.4 is 5.73 Å². The first-order valence-corrected chi connectivity index (χ1v) is 7.31. The zero-order valence-corrected chi connectivity index (χ0v) is 11.9. The number of nitrogens with two attached hydrogens (primary N) is 1. The van der Waals surface area contributed by atoms with Crippen LogP contribution in [-0.4, -0.2) is 23.3 Å². The Kier molecular flexibility index (Phi) is 3.57. The van der Waals surface area contributed by atoms with Gasteiger partial charge in [0.15, 0.2) is 0 Å². The molecular weight excluding hydrogens is 284 g/mol. The number of rotatable bonds is 2. The second-order valence-electron chi connectivity index (χ2n) is 4.51. The highest BCUT2D eigenvalue weighted by Gasteiger charge is 2.35. The van der Waals surface area contributed by atoms with Gasteiger partial charge in [-0.3, -0.25) is 14.5 Å². The van der Waals surface area contributed by atoms with Crippen LogP contribution in [0.5, 0.6) is 0 Å². The minimum absolute atomic E-state index is 0.248. The third kappa shape index (κ3) is 2.35. The van der Waals surface area contributed by atoms with E-state index in [1.165, 1.54) is 16.2 Å². The van der Waals surface area contributed by atoms with E-state index in [1.54, 1.807) is 24.3 Å². The molecule has 0 radical (unpaired) electrons. The first-order valence-electron chi connectivity index (χ1n) is 6.43. The Hall–Kier alpha value is -2.42. The summed E-state index contributed by atoms with van der Waals surface area (Å²) in [5, 5.41) is 1.90. The Labute approximate surface area is 126 Å². The van der Waals surface area contributed by atoms with Gasteiger partial charge in [-0.1, -0.05) is 24.0 Å². The van der Waals surface area contributed by atoms with Gasteiger partial charge in [0.25, 0.3) is 11.8 Å². The minimum Gasteiger partial charge on any atom is -0.320 e. The first-order chi connectivity index (χ1) is 10.2. The second-order valence-corrected chi connectivity index (χ2v) is 5.51. The molecule has 0 saturated heterocycles. The lowest BCUT2D eigenvalue weighted by Gasteiger charge is -2.12. The first kappa shape index (κ1) is 13.6. The van der Waals surface area contributed by atoms with E-state index >= 15 is 0 Å². The molecule has 104 valence electrons. The Morgan fingerprint density at radius 1 is 1.10 bits per heavy atom. The van der Waals surface area contributed by atoms with Crippen molar-refractivity contribution < 1.29 is 9.59 Å². The SMILES string of the molecule is NCC#Cc1ccsc1CN1C(=O)c2ccccc2C1=O. The molecule has 0 unspecified atom stereocenters. The quantitative estimate of drug-likeness (QED) is 0.679. The summed E-state index contributed by atoms with van der Waals surface area (Å²) in [6.45, 7) is 0.529. The monoisotopic (exact) mass is 296 g/mol. The van der Waals surface area contributed by atoms with Gasteiger partial charge in [-0.25, -0.2) is 0 Å². The van der Waals surface area contributed by atoms with Gasteiger partial charge >= 0.3 is 0 Å². The van der Waals surface area contributed by atoms with Crippen LogP contribution in [0.1, 0.15) is 31.2 Å². The Morgan fingerprint density at radius 2 is 1.76 bits per heavy atom. The Morgan fingerprint density at radius 3 is 2.38 bits per heavy atom. The van der Waals surface area contributed by atoms with Crippen molar-refractivity contribution in [2.75, 3.05) is 6.54 Å². The molecule has 4 nitrogen and oxygen atoms in total. The Balaban J connectivity index is 1.89. The molecule has 0 atom stereocenters. The molecule has 0 saturated carbocycles. The van der Waals surface area contributed by atoms with Crippen LogP contribution >= 0.6 is 11.3 Å². The third-order valence-electron chi connectivity index (χ3n) is 3.25. The number of thiophene rings is 1. The van der Waals surface area contributed by atoms with Crippen molar-refractivity contribution in [1.29, 1.82) is 0 Å². The van der Waals surface area contributed by atoms with Crippen LogP contribution in [0.3, 0.4) is 0 Å². The minimum atomic E-state index is -0.248. The largest absolute Gasteiger partial charge is 0.320 e. The fraction of sp³-hybridized carbons (Fsp3) is 0.125. The van der Waals surface area contributed by atoms with Crippen molar-refractivity contribution in [2.45, 2.75) is 6.54 Å². The van der Waals surface area contributed by atoms with Crippen molar-refractivity contribution in [1.82, 2.24) is 4.90 Å². The summed E-state index contributed by atoms with van der Waals surface area (Å²) >= 11 is 1.48. The molecule has 0 spiro atoms. The number of nitrogens with zero attached hydrogens (tertiary/aromatic N) is 1.